The molecule has 4 aromatic rings. The Hall–Kier alpha value is -3.55. The molecular weight excluding hydrogens is 306 g/mol. The summed E-state index contributed by atoms with van der Waals surface area (Å²) >= 11 is 0. The highest BCUT2D eigenvalue weighted by molar-refractivity contribution is 5.89. The fourth-order valence-corrected chi connectivity index (χ4v) is 2.47. The topological polar surface area (TPSA) is 90.5 Å². The number of anilines is 1. The molecule has 118 valence electrons. The summed E-state index contributed by atoms with van der Waals surface area (Å²) in [4.78, 5) is 24.2. The van der Waals surface area contributed by atoms with Crippen molar-refractivity contribution in [2.24, 2.45) is 0 Å². The summed E-state index contributed by atoms with van der Waals surface area (Å²) in [5.74, 6) is 0.882. The highest BCUT2D eigenvalue weighted by Gasteiger charge is 2.08. The average molecular weight is 319 g/mol. The van der Waals surface area contributed by atoms with Gasteiger partial charge >= 0.3 is 0 Å². The standard InChI is InChI=1S/C16H13N7O/c24-16(8-22-11-17-9-20-22)21-14-7-15(19-10-18-14)23-6-5-12-3-1-2-4-13(12)23/h1-7,9-11H,8H2,(H,18,19,21,24). The molecule has 0 spiro atoms. The summed E-state index contributed by atoms with van der Waals surface area (Å²) in [5.41, 5.74) is 1.04. The van der Waals surface area contributed by atoms with Crippen molar-refractivity contribution in [1.29, 1.82) is 0 Å². The molecule has 0 saturated heterocycles. The number of benzene rings is 1. The van der Waals surface area contributed by atoms with E-state index in [4.69, 9.17) is 0 Å². The molecule has 0 aliphatic rings. The van der Waals surface area contributed by atoms with Crippen LogP contribution in [0.2, 0.25) is 0 Å². The first-order valence-electron chi connectivity index (χ1n) is 7.30. The first-order valence-corrected chi connectivity index (χ1v) is 7.30. The highest BCUT2D eigenvalue weighted by Crippen LogP contribution is 2.19. The Kier molecular flexibility index (Phi) is 3.47. The molecule has 3 aromatic heterocycles. The second-order valence-corrected chi connectivity index (χ2v) is 5.15. The van der Waals surface area contributed by atoms with E-state index in [0.717, 1.165) is 10.9 Å². The van der Waals surface area contributed by atoms with Gasteiger partial charge in [-0.05, 0) is 17.5 Å². The van der Waals surface area contributed by atoms with Crippen molar-refractivity contribution in [3.8, 4) is 5.82 Å². The number of hydrogen-bond donors (Lipinski definition) is 1. The molecule has 1 amide bonds. The smallest absolute Gasteiger partial charge is 0.247 e. The normalized spacial score (nSPS) is 10.8. The van der Waals surface area contributed by atoms with Gasteiger partial charge in [0.15, 0.2) is 0 Å². The number of carbonyl (C=O) groups is 1. The van der Waals surface area contributed by atoms with Crippen LogP contribution < -0.4 is 5.32 Å². The number of rotatable bonds is 4. The minimum Gasteiger partial charge on any atom is -0.309 e. The van der Waals surface area contributed by atoms with Crippen molar-refractivity contribution in [3.63, 3.8) is 0 Å². The highest BCUT2D eigenvalue weighted by atomic mass is 16.2. The van der Waals surface area contributed by atoms with Crippen molar-refractivity contribution < 1.29 is 4.79 Å². The van der Waals surface area contributed by atoms with Crippen LogP contribution in [0.4, 0.5) is 5.82 Å². The Morgan fingerprint density at radius 2 is 2.04 bits per heavy atom. The number of nitrogens with one attached hydrogen (secondary N) is 1. The fourth-order valence-electron chi connectivity index (χ4n) is 2.47. The van der Waals surface area contributed by atoms with Gasteiger partial charge in [0.2, 0.25) is 5.91 Å². The zero-order valence-corrected chi connectivity index (χ0v) is 12.6. The zero-order chi connectivity index (χ0) is 16.4. The Labute approximate surface area is 136 Å². The SMILES string of the molecule is O=C(Cn1cncn1)Nc1cc(-n2ccc3ccccc32)ncn1. The van der Waals surface area contributed by atoms with Gasteiger partial charge in [0.1, 0.15) is 37.2 Å². The van der Waals surface area contributed by atoms with E-state index in [1.165, 1.54) is 23.7 Å². The number of nitrogens with zero attached hydrogens (tertiary/aromatic N) is 6. The van der Waals surface area contributed by atoms with E-state index in [1.807, 2.05) is 41.1 Å². The molecule has 0 atom stereocenters. The summed E-state index contributed by atoms with van der Waals surface area (Å²) in [6.45, 7) is 0.0752. The van der Waals surface area contributed by atoms with Gasteiger partial charge < -0.3 is 9.88 Å². The number of fused-ring (bicyclic) bond motifs is 1. The van der Waals surface area contributed by atoms with Gasteiger partial charge in [0, 0.05) is 12.3 Å². The molecule has 0 radical (unpaired) electrons. The second kappa shape index (κ2) is 5.92. The zero-order valence-electron chi connectivity index (χ0n) is 12.6. The van der Waals surface area contributed by atoms with E-state index in [2.05, 4.69) is 25.4 Å². The molecule has 3 heterocycles. The van der Waals surface area contributed by atoms with Gasteiger partial charge in [-0.2, -0.15) is 5.10 Å². The Morgan fingerprint density at radius 1 is 1.12 bits per heavy atom. The average Bonchev–Trinajstić information content (AvgIpc) is 3.24. The molecule has 0 aliphatic heterocycles. The van der Waals surface area contributed by atoms with Crippen LogP contribution in [0, 0.1) is 0 Å². The van der Waals surface area contributed by atoms with E-state index in [1.54, 1.807) is 6.07 Å². The summed E-state index contributed by atoms with van der Waals surface area (Å²) in [6.07, 6.45) is 6.23. The van der Waals surface area contributed by atoms with Crippen LogP contribution in [0.5, 0.6) is 0 Å². The van der Waals surface area contributed by atoms with Crippen molar-refractivity contribution in [2.75, 3.05) is 5.32 Å². The predicted octanol–water partition coefficient (Wildman–Crippen LogP) is 1.65. The molecule has 1 N–H and O–H groups in total. The number of hydrogen-bond acceptors (Lipinski definition) is 5. The van der Waals surface area contributed by atoms with Crippen LogP contribution in [-0.4, -0.2) is 35.2 Å². The summed E-state index contributed by atoms with van der Waals surface area (Å²) in [6, 6.07) is 11.8. The van der Waals surface area contributed by atoms with Gasteiger partial charge in [-0.3, -0.25) is 4.79 Å². The largest absolute Gasteiger partial charge is 0.309 e. The van der Waals surface area contributed by atoms with Crippen molar-refractivity contribution in [1.82, 2.24) is 29.3 Å². The Balaban J connectivity index is 1.58. The van der Waals surface area contributed by atoms with Gasteiger partial charge in [0.25, 0.3) is 0 Å². The maximum atomic E-state index is 12.0. The molecule has 0 bridgehead atoms. The number of carbonyl (C=O) groups excluding carboxylic acids is 1. The maximum absolute atomic E-state index is 12.0. The third-order valence-corrected chi connectivity index (χ3v) is 3.54. The maximum Gasteiger partial charge on any atom is 0.247 e. The molecule has 0 aliphatic carbocycles. The van der Waals surface area contributed by atoms with Gasteiger partial charge in [-0.25, -0.2) is 19.6 Å². The lowest BCUT2D eigenvalue weighted by Gasteiger charge is -2.07. The van der Waals surface area contributed by atoms with E-state index in [-0.39, 0.29) is 12.5 Å². The van der Waals surface area contributed by atoms with E-state index < -0.39 is 0 Å². The van der Waals surface area contributed by atoms with Crippen LogP contribution >= 0.6 is 0 Å². The molecule has 0 saturated carbocycles. The van der Waals surface area contributed by atoms with Crippen molar-refractivity contribution in [2.45, 2.75) is 6.54 Å². The lowest BCUT2D eigenvalue weighted by atomic mass is 10.2. The van der Waals surface area contributed by atoms with Crippen molar-refractivity contribution in [3.05, 3.63) is 61.6 Å². The molecule has 4 rings (SSSR count). The molecule has 8 heteroatoms. The predicted molar refractivity (Wildman–Crippen MR) is 87.5 cm³/mol. The van der Waals surface area contributed by atoms with Gasteiger partial charge in [0.05, 0.1) is 5.52 Å². The van der Waals surface area contributed by atoms with E-state index >= 15 is 0 Å². The summed E-state index contributed by atoms with van der Waals surface area (Å²) in [5, 5.41) is 7.76. The van der Waals surface area contributed by atoms with Crippen LogP contribution in [0.15, 0.2) is 61.6 Å². The van der Waals surface area contributed by atoms with Crippen LogP contribution in [-0.2, 0) is 11.3 Å². The molecule has 0 unspecified atom stereocenters. The third-order valence-electron chi connectivity index (χ3n) is 3.54. The minimum absolute atomic E-state index is 0.0752. The molecule has 8 nitrogen and oxygen atoms in total. The first kappa shape index (κ1) is 14.1. The first-order chi connectivity index (χ1) is 11.8. The number of para-hydroxylation sites is 1. The molecule has 1 aromatic carbocycles. The second-order valence-electron chi connectivity index (χ2n) is 5.15. The Bertz CT molecular complexity index is 991. The monoisotopic (exact) mass is 319 g/mol. The minimum atomic E-state index is -0.234. The Morgan fingerprint density at radius 3 is 2.92 bits per heavy atom. The quantitative estimate of drug-likeness (QED) is 0.617. The molecule has 0 fully saturated rings. The third kappa shape index (κ3) is 2.72. The van der Waals surface area contributed by atoms with E-state index in [0.29, 0.717) is 11.6 Å². The number of amides is 1. The molecule has 24 heavy (non-hydrogen) atoms. The summed E-state index contributed by atoms with van der Waals surface area (Å²) < 4.78 is 3.39. The lowest BCUT2D eigenvalue weighted by Crippen LogP contribution is -2.19. The van der Waals surface area contributed by atoms with Crippen LogP contribution in [0.3, 0.4) is 0 Å². The van der Waals surface area contributed by atoms with E-state index in [9.17, 15) is 4.79 Å². The molecular formula is C16H13N7O. The van der Waals surface area contributed by atoms with Crippen LogP contribution in [0.25, 0.3) is 16.7 Å². The van der Waals surface area contributed by atoms with Crippen molar-refractivity contribution >= 4 is 22.6 Å². The van der Waals surface area contributed by atoms with Gasteiger partial charge in [-0.15, -0.1) is 0 Å². The van der Waals surface area contributed by atoms with Crippen LogP contribution in [0.1, 0.15) is 0 Å². The number of aromatic nitrogens is 6. The fraction of sp³-hybridized carbons (Fsp3) is 0.0625. The summed E-state index contributed by atoms with van der Waals surface area (Å²) in [7, 11) is 0. The lowest BCUT2D eigenvalue weighted by molar-refractivity contribution is -0.116. The van der Waals surface area contributed by atoms with Gasteiger partial charge in [-0.1, -0.05) is 18.2 Å².